The molecule has 1 aromatic carbocycles. The van der Waals surface area contributed by atoms with E-state index in [-0.39, 0.29) is 43.2 Å². The van der Waals surface area contributed by atoms with Crippen LogP contribution in [0.2, 0.25) is 0 Å². The highest BCUT2D eigenvalue weighted by Gasteiger charge is 2.15. The Morgan fingerprint density at radius 3 is 2.45 bits per heavy atom. The Labute approximate surface area is 125 Å². The van der Waals surface area contributed by atoms with E-state index in [1.807, 2.05) is 30.3 Å². The molecule has 3 N–H and O–H groups in total. The molecule has 1 atom stereocenters. The van der Waals surface area contributed by atoms with Gasteiger partial charge >= 0.3 is 5.97 Å². The van der Waals surface area contributed by atoms with Crippen LogP contribution in [0.1, 0.15) is 30.9 Å². The summed E-state index contributed by atoms with van der Waals surface area (Å²) in [6.07, 6.45) is 1.05. The SMILES string of the molecule is COC(=O)CCC(NC(=O)CCN)c1ccccc1.Cl. The summed E-state index contributed by atoms with van der Waals surface area (Å²) >= 11 is 0. The number of rotatable bonds is 7. The smallest absolute Gasteiger partial charge is 0.305 e. The molecule has 0 saturated carbocycles. The van der Waals surface area contributed by atoms with Crippen molar-refractivity contribution in [3.63, 3.8) is 0 Å². The van der Waals surface area contributed by atoms with Gasteiger partial charge in [0.1, 0.15) is 0 Å². The average Bonchev–Trinajstić information content (AvgIpc) is 2.44. The van der Waals surface area contributed by atoms with E-state index >= 15 is 0 Å². The predicted molar refractivity (Wildman–Crippen MR) is 79.5 cm³/mol. The lowest BCUT2D eigenvalue weighted by molar-refractivity contribution is -0.141. The van der Waals surface area contributed by atoms with Gasteiger partial charge in [0, 0.05) is 19.4 Å². The van der Waals surface area contributed by atoms with Crippen LogP contribution >= 0.6 is 12.4 Å². The van der Waals surface area contributed by atoms with Crippen molar-refractivity contribution in [2.45, 2.75) is 25.3 Å². The third kappa shape index (κ3) is 6.54. The van der Waals surface area contributed by atoms with E-state index in [0.717, 1.165) is 5.56 Å². The van der Waals surface area contributed by atoms with E-state index in [9.17, 15) is 9.59 Å². The van der Waals surface area contributed by atoms with Crippen LogP contribution in [0.5, 0.6) is 0 Å². The molecular formula is C14H21ClN2O3. The van der Waals surface area contributed by atoms with Crippen molar-refractivity contribution in [1.82, 2.24) is 5.32 Å². The number of esters is 1. The number of carbonyl (C=O) groups excluding carboxylic acids is 2. The van der Waals surface area contributed by atoms with Gasteiger partial charge in [-0.1, -0.05) is 30.3 Å². The van der Waals surface area contributed by atoms with Crippen molar-refractivity contribution in [3.8, 4) is 0 Å². The van der Waals surface area contributed by atoms with Crippen LogP contribution in [0.15, 0.2) is 30.3 Å². The fourth-order valence-electron chi connectivity index (χ4n) is 1.77. The second kappa shape index (κ2) is 10.2. The van der Waals surface area contributed by atoms with Crippen molar-refractivity contribution < 1.29 is 14.3 Å². The van der Waals surface area contributed by atoms with Gasteiger partial charge in [-0.05, 0) is 12.0 Å². The highest BCUT2D eigenvalue weighted by Crippen LogP contribution is 2.18. The summed E-state index contributed by atoms with van der Waals surface area (Å²) in [5.41, 5.74) is 6.32. The van der Waals surface area contributed by atoms with Gasteiger partial charge in [-0.15, -0.1) is 12.4 Å². The summed E-state index contributed by atoms with van der Waals surface area (Å²) in [5, 5.41) is 2.89. The summed E-state index contributed by atoms with van der Waals surface area (Å²) in [7, 11) is 1.35. The van der Waals surface area contributed by atoms with E-state index < -0.39 is 0 Å². The monoisotopic (exact) mass is 300 g/mol. The molecule has 0 aliphatic heterocycles. The Morgan fingerprint density at radius 2 is 1.90 bits per heavy atom. The first kappa shape index (κ1) is 18.4. The van der Waals surface area contributed by atoms with Crippen LogP contribution in [0.25, 0.3) is 0 Å². The standard InChI is InChI=1S/C14H20N2O3.ClH/c1-19-14(18)8-7-12(16-13(17)9-10-15)11-5-3-2-4-6-11;/h2-6,12H,7-10,15H2,1H3,(H,16,17);1H. The van der Waals surface area contributed by atoms with Gasteiger partial charge in [-0.2, -0.15) is 0 Å². The highest BCUT2D eigenvalue weighted by atomic mass is 35.5. The molecule has 0 aromatic heterocycles. The Kier molecular flexibility index (Phi) is 9.41. The van der Waals surface area contributed by atoms with Crippen molar-refractivity contribution in [1.29, 1.82) is 0 Å². The molecule has 0 radical (unpaired) electrons. The van der Waals surface area contributed by atoms with E-state index in [1.54, 1.807) is 0 Å². The third-order valence-corrected chi connectivity index (χ3v) is 2.77. The molecule has 0 aliphatic carbocycles. The second-order valence-electron chi connectivity index (χ2n) is 4.18. The van der Waals surface area contributed by atoms with Gasteiger partial charge in [0.05, 0.1) is 13.2 Å². The molecule has 0 fully saturated rings. The summed E-state index contributed by atoms with van der Waals surface area (Å²) in [5.74, 6) is -0.393. The lowest BCUT2D eigenvalue weighted by Crippen LogP contribution is -2.30. The van der Waals surface area contributed by atoms with Crippen molar-refractivity contribution in [2.24, 2.45) is 5.73 Å². The van der Waals surface area contributed by atoms with Gasteiger partial charge < -0.3 is 15.8 Å². The lowest BCUT2D eigenvalue weighted by Gasteiger charge is -2.18. The first-order valence-corrected chi connectivity index (χ1v) is 6.28. The highest BCUT2D eigenvalue weighted by molar-refractivity contribution is 5.85. The fraction of sp³-hybridized carbons (Fsp3) is 0.429. The normalized spacial score (nSPS) is 11.1. The van der Waals surface area contributed by atoms with E-state index in [0.29, 0.717) is 13.0 Å². The number of hydrogen-bond donors (Lipinski definition) is 2. The number of nitrogens with two attached hydrogens (primary N) is 1. The first-order chi connectivity index (χ1) is 9.17. The summed E-state index contributed by atoms with van der Waals surface area (Å²) in [6.45, 7) is 0.310. The topological polar surface area (TPSA) is 81.4 Å². The van der Waals surface area contributed by atoms with Gasteiger partial charge in [-0.3, -0.25) is 9.59 Å². The number of methoxy groups -OCH3 is 1. The maximum atomic E-state index is 11.6. The molecular weight excluding hydrogens is 280 g/mol. The van der Waals surface area contributed by atoms with Crippen LogP contribution in [-0.4, -0.2) is 25.5 Å². The molecule has 6 heteroatoms. The van der Waals surface area contributed by atoms with Crippen LogP contribution < -0.4 is 11.1 Å². The molecule has 112 valence electrons. The second-order valence-corrected chi connectivity index (χ2v) is 4.18. The number of benzene rings is 1. The van der Waals surface area contributed by atoms with Gasteiger partial charge in [0.25, 0.3) is 0 Å². The van der Waals surface area contributed by atoms with E-state index in [4.69, 9.17) is 5.73 Å². The van der Waals surface area contributed by atoms with Crippen molar-refractivity contribution >= 4 is 24.3 Å². The Hall–Kier alpha value is -1.59. The molecule has 0 spiro atoms. The quantitative estimate of drug-likeness (QED) is 0.749. The Morgan fingerprint density at radius 1 is 1.25 bits per heavy atom. The number of carbonyl (C=O) groups is 2. The van der Waals surface area contributed by atoms with Gasteiger partial charge in [-0.25, -0.2) is 0 Å². The Balaban J connectivity index is 0.00000361. The summed E-state index contributed by atoms with van der Waals surface area (Å²) < 4.78 is 4.62. The third-order valence-electron chi connectivity index (χ3n) is 2.77. The number of amides is 1. The van der Waals surface area contributed by atoms with Crippen LogP contribution in [0.4, 0.5) is 0 Å². The first-order valence-electron chi connectivity index (χ1n) is 6.28. The molecule has 1 amide bonds. The molecule has 0 bridgehead atoms. The maximum absolute atomic E-state index is 11.6. The number of hydrogen-bond acceptors (Lipinski definition) is 4. The van der Waals surface area contributed by atoms with Gasteiger partial charge in [0.2, 0.25) is 5.91 Å². The molecule has 0 saturated heterocycles. The molecule has 20 heavy (non-hydrogen) atoms. The maximum Gasteiger partial charge on any atom is 0.305 e. The fourth-order valence-corrected chi connectivity index (χ4v) is 1.77. The van der Waals surface area contributed by atoms with Crippen molar-refractivity contribution in [3.05, 3.63) is 35.9 Å². The molecule has 0 heterocycles. The minimum atomic E-state index is -0.283. The largest absolute Gasteiger partial charge is 0.469 e. The number of nitrogens with one attached hydrogen (secondary N) is 1. The number of ether oxygens (including phenoxy) is 1. The van der Waals surface area contributed by atoms with E-state index in [1.165, 1.54) is 7.11 Å². The van der Waals surface area contributed by atoms with Crippen LogP contribution in [-0.2, 0) is 14.3 Å². The molecule has 1 aromatic rings. The zero-order valence-corrected chi connectivity index (χ0v) is 12.3. The summed E-state index contributed by atoms with van der Waals surface area (Å²) in [4.78, 5) is 22.8. The van der Waals surface area contributed by atoms with Crippen LogP contribution in [0, 0.1) is 0 Å². The number of halogens is 1. The Bertz CT molecular complexity index is 412. The van der Waals surface area contributed by atoms with Crippen LogP contribution in [0.3, 0.4) is 0 Å². The minimum absolute atomic E-state index is 0. The van der Waals surface area contributed by atoms with E-state index in [2.05, 4.69) is 10.1 Å². The average molecular weight is 301 g/mol. The zero-order valence-electron chi connectivity index (χ0n) is 11.5. The molecule has 1 unspecified atom stereocenters. The lowest BCUT2D eigenvalue weighted by atomic mass is 10.0. The minimum Gasteiger partial charge on any atom is -0.469 e. The summed E-state index contributed by atoms with van der Waals surface area (Å²) in [6, 6.07) is 9.35. The molecule has 1 rings (SSSR count). The molecule has 0 aliphatic rings. The molecule has 5 nitrogen and oxygen atoms in total. The van der Waals surface area contributed by atoms with Gasteiger partial charge in [0.15, 0.2) is 0 Å². The zero-order chi connectivity index (χ0) is 14.1. The predicted octanol–water partition coefficient (Wildman–Crippen LogP) is 1.57. The van der Waals surface area contributed by atoms with Crippen molar-refractivity contribution in [2.75, 3.05) is 13.7 Å².